The van der Waals surface area contributed by atoms with E-state index in [1.807, 2.05) is 0 Å². The Labute approximate surface area is 160 Å². The van der Waals surface area contributed by atoms with E-state index in [1.54, 1.807) is 12.3 Å². The summed E-state index contributed by atoms with van der Waals surface area (Å²) < 4.78 is 33.5. The van der Waals surface area contributed by atoms with Gasteiger partial charge in [0.2, 0.25) is 10.0 Å². The number of hydrogen-bond donors (Lipinski definition) is 2. The van der Waals surface area contributed by atoms with Crippen molar-refractivity contribution in [3.8, 4) is 17.1 Å². The lowest BCUT2D eigenvalue weighted by atomic mass is 10.2. The quantitative estimate of drug-likeness (QED) is 0.531. The molecule has 28 heavy (non-hydrogen) atoms. The van der Waals surface area contributed by atoms with Gasteiger partial charge >= 0.3 is 5.97 Å². The Morgan fingerprint density at radius 1 is 1.25 bits per heavy atom. The third-order valence-electron chi connectivity index (χ3n) is 3.73. The summed E-state index contributed by atoms with van der Waals surface area (Å²) in [4.78, 5) is 19.4. The largest absolute Gasteiger partial charge is 0.478 e. The molecule has 0 bridgehead atoms. The summed E-state index contributed by atoms with van der Waals surface area (Å²) in [5.41, 5.74) is 1.14. The third-order valence-corrected chi connectivity index (χ3v) is 5.17. The van der Waals surface area contributed by atoms with E-state index in [-0.39, 0.29) is 29.3 Å². The molecule has 146 valence electrons. The molecule has 1 aromatic carbocycles. The minimum atomic E-state index is -3.92. The van der Waals surface area contributed by atoms with Crippen molar-refractivity contribution in [2.75, 3.05) is 20.3 Å². The van der Waals surface area contributed by atoms with E-state index in [1.165, 1.54) is 42.5 Å². The fourth-order valence-electron chi connectivity index (χ4n) is 2.39. The maximum Gasteiger partial charge on any atom is 0.335 e. The van der Waals surface area contributed by atoms with Gasteiger partial charge < -0.3 is 9.84 Å². The van der Waals surface area contributed by atoms with Gasteiger partial charge in [0.15, 0.2) is 0 Å². The normalized spacial score (nSPS) is 11.5. The van der Waals surface area contributed by atoms with Gasteiger partial charge in [-0.25, -0.2) is 22.6 Å². The van der Waals surface area contributed by atoms with Crippen molar-refractivity contribution in [3.63, 3.8) is 0 Å². The maximum absolute atomic E-state index is 12.5. The Balaban J connectivity index is 2.01. The van der Waals surface area contributed by atoms with E-state index in [2.05, 4.69) is 19.8 Å². The van der Waals surface area contributed by atoms with Gasteiger partial charge in [0.25, 0.3) is 0 Å². The highest BCUT2D eigenvalue weighted by atomic mass is 32.2. The lowest BCUT2D eigenvalue weighted by Crippen LogP contribution is -2.27. The van der Waals surface area contributed by atoms with Crippen molar-refractivity contribution in [2.45, 2.75) is 4.90 Å². The van der Waals surface area contributed by atoms with Crippen LogP contribution in [0.2, 0.25) is 0 Å². The Kier molecular flexibility index (Phi) is 5.78. The Bertz CT molecular complexity index is 1080. The maximum atomic E-state index is 12.5. The molecule has 2 heterocycles. The molecular formula is C17H17N5O5S. The smallest absolute Gasteiger partial charge is 0.335 e. The van der Waals surface area contributed by atoms with Gasteiger partial charge in [-0.15, -0.1) is 0 Å². The van der Waals surface area contributed by atoms with E-state index in [9.17, 15) is 18.3 Å². The van der Waals surface area contributed by atoms with Crippen LogP contribution in [0.4, 0.5) is 0 Å². The Morgan fingerprint density at radius 3 is 2.75 bits per heavy atom. The van der Waals surface area contributed by atoms with Crippen LogP contribution in [0.5, 0.6) is 0 Å². The molecule has 0 radical (unpaired) electrons. The van der Waals surface area contributed by atoms with Gasteiger partial charge in [0.05, 0.1) is 29.0 Å². The molecule has 0 aliphatic heterocycles. The number of nitrogens with zero attached hydrogens (tertiary/aromatic N) is 4. The number of sulfonamides is 1. The first-order valence-electron chi connectivity index (χ1n) is 8.10. The number of rotatable bonds is 8. The standard InChI is InChI=1S/C17H17N5O5S/c1-27-7-5-20-28(25,26)14-9-12(17(23)24)8-13(10-14)22-6-2-15(21-22)16-11-18-3-4-19-16/h2-4,6,8-11,20H,5,7H2,1H3,(H,23,24). The number of benzene rings is 1. The zero-order valence-electron chi connectivity index (χ0n) is 14.8. The van der Waals surface area contributed by atoms with Crippen molar-refractivity contribution >= 4 is 16.0 Å². The second-order valence-electron chi connectivity index (χ2n) is 5.65. The SMILES string of the molecule is COCCNS(=O)(=O)c1cc(C(=O)O)cc(-n2ccc(-c3cnccn3)n2)c1. The van der Waals surface area contributed by atoms with Crippen LogP contribution in [0.1, 0.15) is 10.4 Å². The molecular weight excluding hydrogens is 386 g/mol. The van der Waals surface area contributed by atoms with Crippen molar-refractivity contribution in [1.29, 1.82) is 0 Å². The molecule has 2 aromatic heterocycles. The second-order valence-corrected chi connectivity index (χ2v) is 7.41. The summed E-state index contributed by atoms with van der Waals surface area (Å²) >= 11 is 0. The molecule has 0 amide bonds. The minimum Gasteiger partial charge on any atom is -0.478 e. The van der Waals surface area contributed by atoms with Crippen molar-refractivity contribution in [3.05, 3.63) is 54.6 Å². The number of methoxy groups -OCH3 is 1. The number of hydrogen-bond acceptors (Lipinski definition) is 7. The average Bonchev–Trinajstić information content (AvgIpc) is 3.19. The highest BCUT2D eigenvalue weighted by Crippen LogP contribution is 2.20. The van der Waals surface area contributed by atoms with Crippen LogP contribution in [0.25, 0.3) is 17.1 Å². The molecule has 0 atom stereocenters. The second kappa shape index (κ2) is 8.25. The van der Waals surface area contributed by atoms with Crippen LogP contribution in [-0.2, 0) is 14.8 Å². The number of aromatic carboxylic acids is 1. The molecule has 0 spiro atoms. The van der Waals surface area contributed by atoms with Crippen molar-refractivity contribution in [2.24, 2.45) is 0 Å². The molecule has 11 heteroatoms. The summed E-state index contributed by atoms with van der Waals surface area (Å²) in [7, 11) is -2.47. The summed E-state index contributed by atoms with van der Waals surface area (Å²) in [6.07, 6.45) is 6.18. The number of ether oxygens (including phenoxy) is 1. The Morgan fingerprint density at radius 2 is 2.07 bits per heavy atom. The fraction of sp³-hybridized carbons (Fsp3) is 0.176. The lowest BCUT2D eigenvalue weighted by Gasteiger charge is -2.10. The molecule has 3 aromatic rings. The topological polar surface area (TPSA) is 136 Å². The van der Waals surface area contributed by atoms with Gasteiger partial charge in [-0.3, -0.25) is 9.97 Å². The van der Waals surface area contributed by atoms with Gasteiger partial charge in [0, 0.05) is 32.2 Å². The van der Waals surface area contributed by atoms with Crippen LogP contribution in [0.3, 0.4) is 0 Å². The molecule has 0 fully saturated rings. The van der Waals surface area contributed by atoms with Gasteiger partial charge in [-0.2, -0.15) is 5.10 Å². The van der Waals surface area contributed by atoms with Crippen LogP contribution in [-0.4, -0.2) is 59.5 Å². The zero-order valence-corrected chi connectivity index (χ0v) is 15.6. The molecule has 0 aliphatic carbocycles. The number of carbonyl (C=O) groups is 1. The van der Waals surface area contributed by atoms with E-state index in [4.69, 9.17) is 4.74 Å². The fourth-order valence-corrected chi connectivity index (χ4v) is 3.47. The summed E-state index contributed by atoms with van der Waals surface area (Å²) in [6, 6.07) is 5.44. The summed E-state index contributed by atoms with van der Waals surface area (Å²) in [6.45, 7) is 0.245. The predicted octanol–water partition coefficient (Wildman–Crippen LogP) is 0.952. The van der Waals surface area contributed by atoms with E-state index in [0.717, 1.165) is 6.07 Å². The number of carboxylic acid groups (broad SMARTS) is 1. The average molecular weight is 403 g/mol. The molecule has 0 aliphatic rings. The number of aromatic nitrogens is 4. The lowest BCUT2D eigenvalue weighted by molar-refractivity contribution is 0.0696. The Hall–Kier alpha value is -3.15. The van der Waals surface area contributed by atoms with E-state index < -0.39 is 16.0 Å². The highest BCUT2D eigenvalue weighted by molar-refractivity contribution is 7.89. The highest BCUT2D eigenvalue weighted by Gasteiger charge is 2.19. The molecule has 3 rings (SSSR count). The number of carboxylic acids is 1. The molecule has 0 saturated heterocycles. The first-order chi connectivity index (χ1) is 13.4. The zero-order chi connectivity index (χ0) is 20.1. The minimum absolute atomic E-state index is 0.0596. The number of nitrogens with one attached hydrogen (secondary N) is 1. The molecule has 0 unspecified atom stereocenters. The van der Waals surface area contributed by atoms with Crippen LogP contribution >= 0.6 is 0 Å². The summed E-state index contributed by atoms with van der Waals surface area (Å²) in [5.74, 6) is -1.25. The van der Waals surface area contributed by atoms with Gasteiger partial charge in [-0.05, 0) is 24.3 Å². The molecule has 0 saturated carbocycles. The molecule has 10 nitrogen and oxygen atoms in total. The first-order valence-corrected chi connectivity index (χ1v) is 9.58. The first kappa shape index (κ1) is 19.6. The van der Waals surface area contributed by atoms with Crippen molar-refractivity contribution in [1.82, 2.24) is 24.5 Å². The van der Waals surface area contributed by atoms with E-state index in [0.29, 0.717) is 11.4 Å². The summed E-state index contributed by atoms with van der Waals surface area (Å²) in [5, 5.41) is 13.7. The monoisotopic (exact) mass is 403 g/mol. The van der Waals surface area contributed by atoms with Crippen LogP contribution < -0.4 is 4.72 Å². The van der Waals surface area contributed by atoms with Gasteiger partial charge in [-0.1, -0.05) is 0 Å². The van der Waals surface area contributed by atoms with Crippen LogP contribution in [0, 0.1) is 0 Å². The van der Waals surface area contributed by atoms with Crippen molar-refractivity contribution < 1.29 is 23.1 Å². The molecule has 2 N–H and O–H groups in total. The third kappa shape index (κ3) is 4.39. The van der Waals surface area contributed by atoms with E-state index >= 15 is 0 Å². The van der Waals surface area contributed by atoms with Gasteiger partial charge in [0.1, 0.15) is 11.4 Å². The van der Waals surface area contributed by atoms with Crippen LogP contribution in [0.15, 0.2) is 53.9 Å². The predicted molar refractivity (Wildman–Crippen MR) is 98.6 cm³/mol.